The summed E-state index contributed by atoms with van der Waals surface area (Å²) in [5.41, 5.74) is 11.1. The summed E-state index contributed by atoms with van der Waals surface area (Å²) in [5, 5.41) is 17.0. The van der Waals surface area contributed by atoms with Gasteiger partial charge in [-0.05, 0) is 37.0 Å². The highest BCUT2D eigenvalue weighted by atomic mass is 16.4. The molecule has 6 heteroatoms. The summed E-state index contributed by atoms with van der Waals surface area (Å²) >= 11 is 0. The van der Waals surface area contributed by atoms with Crippen LogP contribution in [-0.2, 0) is 0 Å². The van der Waals surface area contributed by atoms with Gasteiger partial charge in [0.2, 0.25) is 0 Å². The number of carbonyl (C=O) groups is 2. The molecule has 0 atom stereocenters. The van der Waals surface area contributed by atoms with Crippen molar-refractivity contribution in [3.63, 3.8) is 0 Å². The molecule has 6 nitrogen and oxygen atoms in total. The van der Waals surface area contributed by atoms with Gasteiger partial charge >= 0.3 is 11.9 Å². The van der Waals surface area contributed by atoms with Gasteiger partial charge in [-0.1, -0.05) is 25.3 Å². The molecule has 1 aromatic rings. The van der Waals surface area contributed by atoms with Crippen LogP contribution >= 0.6 is 0 Å². The number of benzene rings is 1. The van der Waals surface area contributed by atoms with Gasteiger partial charge in [-0.3, -0.25) is 0 Å². The Morgan fingerprint density at radius 2 is 1.48 bits per heavy atom. The molecule has 0 spiro atoms. The number of nitrogens with two attached hydrogens (primary N) is 2. The lowest BCUT2D eigenvalue weighted by Crippen LogP contribution is -2.39. The second kappa shape index (κ2) is 8.39. The van der Waals surface area contributed by atoms with E-state index in [1.165, 1.54) is 50.3 Å². The summed E-state index contributed by atoms with van der Waals surface area (Å²) < 4.78 is 0. The highest BCUT2D eigenvalue weighted by Crippen LogP contribution is 2.23. The predicted molar refractivity (Wildman–Crippen MR) is 79.1 cm³/mol. The van der Waals surface area contributed by atoms with Crippen molar-refractivity contribution in [3.8, 4) is 0 Å². The lowest BCUT2D eigenvalue weighted by Gasteiger charge is -2.24. The Morgan fingerprint density at radius 1 is 1.00 bits per heavy atom. The van der Waals surface area contributed by atoms with Crippen LogP contribution in [-0.4, -0.2) is 28.3 Å². The first kappa shape index (κ1) is 17.1. The fourth-order valence-corrected chi connectivity index (χ4v) is 2.30. The Labute approximate surface area is 123 Å². The third-order valence-corrected chi connectivity index (χ3v) is 3.55. The second-order valence-electron chi connectivity index (χ2n) is 5.17. The average Bonchev–Trinajstić information content (AvgIpc) is 2.49. The predicted octanol–water partition coefficient (Wildman–Crippen LogP) is 1.89. The van der Waals surface area contributed by atoms with Gasteiger partial charge in [0.15, 0.2) is 0 Å². The molecule has 6 N–H and O–H groups in total. The Hall–Kier alpha value is -1.92. The smallest absolute Gasteiger partial charge is 0.335 e. The van der Waals surface area contributed by atoms with Gasteiger partial charge in [-0.15, -0.1) is 0 Å². The van der Waals surface area contributed by atoms with Gasteiger partial charge < -0.3 is 21.7 Å². The molecule has 0 saturated heterocycles. The van der Waals surface area contributed by atoms with Crippen molar-refractivity contribution >= 4 is 11.9 Å². The van der Waals surface area contributed by atoms with Gasteiger partial charge in [-0.25, -0.2) is 9.59 Å². The van der Waals surface area contributed by atoms with Gasteiger partial charge in [-0.2, -0.15) is 0 Å². The molecule has 0 radical (unpaired) electrons. The molecule has 1 aliphatic carbocycles. The Balaban J connectivity index is 0.000000219. The zero-order valence-electron chi connectivity index (χ0n) is 11.9. The van der Waals surface area contributed by atoms with Gasteiger partial charge in [0.1, 0.15) is 0 Å². The Kier molecular flexibility index (Phi) is 6.84. The first-order valence-corrected chi connectivity index (χ1v) is 6.99. The number of hydrogen-bond donors (Lipinski definition) is 4. The number of rotatable bonds is 3. The van der Waals surface area contributed by atoms with E-state index in [1.807, 2.05) is 0 Å². The molecule has 0 bridgehead atoms. The molecule has 0 aliphatic heterocycles. The molecule has 0 amide bonds. The van der Waals surface area contributed by atoms with E-state index in [0.29, 0.717) is 5.92 Å². The maximum atomic E-state index is 10.4. The van der Waals surface area contributed by atoms with Gasteiger partial charge in [0.25, 0.3) is 0 Å². The van der Waals surface area contributed by atoms with Crippen molar-refractivity contribution in [3.05, 3.63) is 35.4 Å². The van der Waals surface area contributed by atoms with Crippen molar-refractivity contribution in [2.75, 3.05) is 0 Å². The fourth-order valence-electron chi connectivity index (χ4n) is 2.30. The lowest BCUT2D eigenvalue weighted by molar-refractivity contribution is 0.0696. The number of carboxylic acids is 2. The molecule has 1 aliphatic rings. The first-order valence-electron chi connectivity index (χ1n) is 6.99. The maximum absolute atomic E-state index is 10.4. The van der Waals surface area contributed by atoms with Crippen LogP contribution in [0.2, 0.25) is 0 Å². The molecular weight excluding hydrogens is 272 g/mol. The van der Waals surface area contributed by atoms with Crippen LogP contribution in [0.3, 0.4) is 0 Å². The number of hydrogen-bond acceptors (Lipinski definition) is 4. The van der Waals surface area contributed by atoms with E-state index in [0.717, 1.165) is 6.07 Å². The van der Waals surface area contributed by atoms with Crippen molar-refractivity contribution in [2.45, 2.75) is 38.3 Å². The van der Waals surface area contributed by atoms with Crippen molar-refractivity contribution in [2.24, 2.45) is 17.4 Å². The number of aromatic carboxylic acids is 2. The van der Waals surface area contributed by atoms with E-state index < -0.39 is 11.9 Å². The summed E-state index contributed by atoms with van der Waals surface area (Å²) in [6.07, 6.45) is 6.47. The third-order valence-electron chi connectivity index (χ3n) is 3.55. The van der Waals surface area contributed by atoms with Crippen molar-refractivity contribution in [1.29, 1.82) is 0 Å². The zero-order chi connectivity index (χ0) is 15.8. The molecule has 1 aromatic carbocycles. The van der Waals surface area contributed by atoms with E-state index in [4.69, 9.17) is 21.7 Å². The van der Waals surface area contributed by atoms with E-state index in [-0.39, 0.29) is 17.3 Å². The van der Waals surface area contributed by atoms with E-state index in [2.05, 4.69) is 0 Å². The van der Waals surface area contributed by atoms with Crippen LogP contribution in [0.1, 0.15) is 52.8 Å². The fraction of sp³-hybridized carbons (Fsp3) is 0.467. The minimum Gasteiger partial charge on any atom is -0.478 e. The molecule has 1 fully saturated rings. The summed E-state index contributed by atoms with van der Waals surface area (Å²) in [5.74, 6) is -1.64. The minimum atomic E-state index is -1.13. The molecular formula is C15H22N2O4. The van der Waals surface area contributed by atoms with Gasteiger partial charge in [0, 0.05) is 0 Å². The molecule has 0 aromatic heterocycles. The highest BCUT2D eigenvalue weighted by molar-refractivity contribution is 5.93. The van der Waals surface area contributed by atoms with E-state index in [1.54, 1.807) is 0 Å². The van der Waals surface area contributed by atoms with Gasteiger partial charge in [0.05, 0.1) is 17.3 Å². The monoisotopic (exact) mass is 294 g/mol. The van der Waals surface area contributed by atoms with Crippen LogP contribution in [0.4, 0.5) is 0 Å². The first-order chi connectivity index (χ1) is 9.91. The molecule has 116 valence electrons. The van der Waals surface area contributed by atoms with Crippen LogP contribution in [0.25, 0.3) is 0 Å². The maximum Gasteiger partial charge on any atom is 0.335 e. The minimum absolute atomic E-state index is 0.0186. The quantitative estimate of drug-likeness (QED) is 0.630. The lowest BCUT2D eigenvalue weighted by atomic mass is 9.87. The van der Waals surface area contributed by atoms with Crippen molar-refractivity contribution < 1.29 is 19.8 Å². The molecule has 1 saturated carbocycles. The molecule has 0 heterocycles. The van der Waals surface area contributed by atoms with Crippen LogP contribution in [0.15, 0.2) is 24.3 Å². The van der Waals surface area contributed by atoms with E-state index in [9.17, 15) is 9.59 Å². The standard InChI is InChI=1S/C8H6O4.C7H16N2/c9-7(10)5-2-1-3-6(4-5)8(11)12;8-7(9)6-4-2-1-3-5-6/h1-4H,(H,9,10)(H,11,12);6-7H,1-5,8-9H2. The number of carboxylic acid groups (broad SMARTS) is 2. The Bertz CT molecular complexity index is 453. The molecule has 2 rings (SSSR count). The third kappa shape index (κ3) is 5.93. The summed E-state index contributed by atoms with van der Waals surface area (Å²) in [4.78, 5) is 20.8. The zero-order valence-corrected chi connectivity index (χ0v) is 11.9. The van der Waals surface area contributed by atoms with Crippen LogP contribution in [0.5, 0.6) is 0 Å². The topological polar surface area (TPSA) is 127 Å². The van der Waals surface area contributed by atoms with Crippen LogP contribution < -0.4 is 11.5 Å². The molecule has 0 unspecified atom stereocenters. The largest absolute Gasteiger partial charge is 0.478 e. The Morgan fingerprint density at radius 3 is 1.81 bits per heavy atom. The highest BCUT2D eigenvalue weighted by Gasteiger charge is 2.16. The van der Waals surface area contributed by atoms with Crippen molar-refractivity contribution in [1.82, 2.24) is 0 Å². The average molecular weight is 294 g/mol. The summed E-state index contributed by atoms with van der Waals surface area (Å²) in [6, 6.07) is 5.20. The SMILES string of the molecule is NC(N)C1CCCCC1.O=C(O)c1cccc(C(=O)O)c1. The summed E-state index contributed by atoms with van der Waals surface area (Å²) in [7, 11) is 0. The second-order valence-corrected chi connectivity index (χ2v) is 5.17. The summed E-state index contributed by atoms with van der Waals surface area (Å²) in [6.45, 7) is 0. The van der Waals surface area contributed by atoms with Crippen LogP contribution in [0, 0.1) is 5.92 Å². The molecule has 21 heavy (non-hydrogen) atoms. The normalized spacial score (nSPS) is 15.2. The van der Waals surface area contributed by atoms with E-state index >= 15 is 0 Å².